The van der Waals surface area contributed by atoms with Gasteiger partial charge >= 0.3 is 5.97 Å². The molecule has 0 aliphatic heterocycles. The molecule has 0 fully saturated rings. The molecule has 0 radical (unpaired) electrons. The predicted molar refractivity (Wildman–Crippen MR) is 87.0 cm³/mol. The van der Waals surface area contributed by atoms with Crippen LogP contribution >= 0.6 is 11.8 Å². The summed E-state index contributed by atoms with van der Waals surface area (Å²) < 4.78 is 2.17. The van der Waals surface area contributed by atoms with E-state index in [9.17, 15) is 4.79 Å². The van der Waals surface area contributed by atoms with Gasteiger partial charge in [-0.25, -0.2) is 4.98 Å². The number of aliphatic carboxylic acids is 1. The molecule has 5 heteroatoms. The largest absolute Gasteiger partial charge is 0.481 e. The maximum atomic E-state index is 10.9. The van der Waals surface area contributed by atoms with Crippen molar-refractivity contribution in [2.45, 2.75) is 45.8 Å². The minimum atomic E-state index is -0.821. The van der Waals surface area contributed by atoms with Crippen LogP contribution < -0.4 is 0 Å². The van der Waals surface area contributed by atoms with Crippen LogP contribution in [0.3, 0.4) is 0 Å². The van der Waals surface area contributed by atoms with Gasteiger partial charge in [-0.2, -0.15) is 0 Å². The second-order valence-corrected chi connectivity index (χ2v) is 7.42. The molecule has 0 aliphatic carbocycles. The van der Waals surface area contributed by atoms with E-state index in [4.69, 9.17) is 5.11 Å². The lowest BCUT2D eigenvalue weighted by atomic mass is 9.88. The summed E-state index contributed by atoms with van der Waals surface area (Å²) in [4.78, 5) is 15.5. The standard InChI is InChI=1S/C16H22N2O2S/c1-10-6-7-13-12(8-10)17-15(21-9-14(19)20)18(13)11(2)16(3,4)5/h6-8,11H,9H2,1-5H3,(H,19,20). The molecular formula is C16H22N2O2S. The average Bonchev–Trinajstić information content (AvgIpc) is 2.71. The van der Waals surface area contributed by atoms with Crippen molar-refractivity contribution >= 4 is 28.8 Å². The van der Waals surface area contributed by atoms with Gasteiger partial charge in [0.1, 0.15) is 0 Å². The van der Waals surface area contributed by atoms with Gasteiger partial charge in [-0.05, 0) is 37.0 Å². The van der Waals surface area contributed by atoms with E-state index < -0.39 is 5.97 Å². The molecule has 0 saturated heterocycles. The lowest BCUT2D eigenvalue weighted by Gasteiger charge is -2.30. The number of carboxylic acid groups (broad SMARTS) is 1. The highest BCUT2D eigenvalue weighted by Gasteiger charge is 2.26. The minimum Gasteiger partial charge on any atom is -0.481 e. The Kier molecular flexibility index (Phi) is 4.33. The molecule has 0 amide bonds. The average molecular weight is 306 g/mol. The Bertz CT molecular complexity index is 671. The van der Waals surface area contributed by atoms with Crippen molar-refractivity contribution in [1.82, 2.24) is 9.55 Å². The first-order valence-corrected chi connectivity index (χ1v) is 8.02. The SMILES string of the molecule is Cc1ccc2c(c1)nc(SCC(=O)O)n2C(C)C(C)(C)C. The predicted octanol–water partition coefficient (Wildman–Crippen LogP) is 4.13. The Labute approximate surface area is 129 Å². The van der Waals surface area contributed by atoms with Crippen LogP contribution in [0.25, 0.3) is 11.0 Å². The normalized spacial score (nSPS) is 13.6. The molecule has 0 spiro atoms. The summed E-state index contributed by atoms with van der Waals surface area (Å²) in [6.07, 6.45) is 0. The summed E-state index contributed by atoms with van der Waals surface area (Å²) in [5.41, 5.74) is 3.22. The molecule has 0 aliphatic rings. The zero-order valence-corrected chi connectivity index (χ0v) is 14.0. The number of imidazole rings is 1. The number of carboxylic acids is 1. The second kappa shape index (κ2) is 5.72. The van der Waals surface area contributed by atoms with Crippen LogP contribution in [-0.2, 0) is 4.79 Å². The highest BCUT2D eigenvalue weighted by molar-refractivity contribution is 7.99. The highest BCUT2D eigenvalue weighted by Crippen LogP contribution is 2.36. The molecular weight excluding hydrogens is 284 g/mol. The maximum Gasteiger partial charge on any atom is 0.313 e. The Morgan fingerprint density at radius 2 is 2.10 bits per heavy atom. The first kappa shape index (κ1) is 15.9. The molecule has 2 aromatic rings. The zero-order valence-electron chi connectivity index (χ0n) is 13.2. The number of carbonyl (C=O) groups is 1. The van der Waals surface area contributed by atoms with Gasteiger partial charge in [0.05, 0.1) is 16.8 Å². The van der Waals surface area contributed by atoms with Crippen molar-refractivity contribution in [3.8, 4) is 0 Å². The number of hydrogen-bond donors (Lipinski definition) is 1. The van der Waals surface area contributed by atoms with Crippen LogP contribution in [0.1, 0.15) is 39.3 Å². The molecule has 4 nitrogen and oxygen atoms in total. The number of rotatable bonds is 4. The van der Waals surface area contributed by atoms with E-state index in [2.05, 4.69) is 49.4 Å². The fourth-order valence-corrected chi connectivity index (χ4v) is 2.99. The van der Waals surface area contributed by atoms with Gasteiger partial charge in [0, 0.05) is 6.04 Å². The van der Waals surface area contributed by atoms with E-state index in [0.29, 0.717) is 0 Å². The first-order chi connectivity index (χ1) is 9.70. The van der Waals surface area contributed by atoms with Crippen molar-refractivity contribution in [3.05, 3.63) is 23.8 Å². The third-order valence-electron chi connectivity index (χ3n) is 3.78. The van der Waals surface area contributed by atoms with E-state index >= 15 is 0 Å². The van der Waals surface area contributed by atoms with E-state index in [1.54, 1.807) is 0 Å². The number of benzene rings is 1. The quantitative estimate of drug-likeness (QED) is 0.863. The third-order valence-corrected chi connectivity index (χ3v) is 4.72. The van der Waals surface area contributed by atoms with Crippen LogP contribution in [0.5, 0.6) is 0 Å². The van der Waals surface area contributed by atoms with Gasteiger partial charge in [0.2, 0.25) is 0 Å². The lowest BCUT2D eigenvalue weighted by Crippen LogP contribution is -2.22. The summed E-state index contributed by atoms with van der Waals surface area (Å²) in [5, 5.41) is 9.70. The number of fused-ring (bicyclic) bond motifs is 1. The van der Waals surface area contributed by atoms with E-state index in [0.717, 1.165) is 21.8 Å². The van der Waals surface area contributed by atoms with Crippen molar-refractivity contribution in [2.24, 2.45) is 5.41 Å². The zero-order chi connectivity index (χ0) is 15.8. The minimum absolute atomic E-state index is 0.0270. The first-order valence-electron chi connectivity index (χ1n) is 7.03. The topological polar surface area (TPSA) is 55.1 Å². The number of hydrogen-bond acceptors (Lipinski definition) is 3. The molecule has 1 aromatic heterocycles. The van der Waals surface area contributed by atoms with E-state index in [1.807, 2.05) is 13.0 Å². The van der Waals surface area contributed by atoms with Crippen molar-refractivity contribution in [1.29, 1.82) is 0 Å². The molecule has 1 atom stereocenters. The highest BCUT2D eigenvalue weighted by atomic mass is 32.2. The molecule has 0 bridgehead atoms. The van der Waals surface area contributed by atoms with Crippen LogP contribution in [0, 0.1) is 12.3 Å². The third kappa shape index (κ3) is 3.40. The monoisotopic (exact) mass is 306 g/mol. The smallest absolute Gasteiger partial charge is 0.313 e. The Morgan fingerprint density at radius 3 is 2.67 bits per heavy atom. The fraction of sp³-hybridized carbons (Fsp3) is 0.500. The van der Waals surface area contributed by atoms with Crippen LogP contribution in [0.15, 0.2) is 23.4 Å². The second-order valence-electron chi connectivity index (χ2n) is 6.48. The Morgan fingerprint density at radius 1 is 1.43 bits per heavy atom. The van der Waals surface area contributed by atoms with E-state index in [-0.39, 0.29) is 17.2 Å². The molecule has 114 valence electrons. The number of nitrogens with zero attached hydrogens (tertiary/aromatic N) is 2. The van der Waals surface area contributed by atoms with Gasteiger partial charge in [0.25, 0.3) is 0 Å². The summed E-state index contributed by atoms with van der Waals surface area (Å²) in [5.74, 6) is -0.794. The molecule has 1 aromatic carbocycles. The lowest BCUT2D eigenvalue weighted by molar-refractivity contribution is -0.133. The van der Waals surface area contributed by atoms with Gasteiger partial charge < -0.3 is 9.67 Å². The molecule has 0 saturated carbocycles. The van der Waals surface area contributed by atoms with Crippen molar-refractivity contribution in [2.75, 3.05) is 5.75 Å². The fourth-order valence-electron chi connectivity index (χ4n) is 2.18. The number of thioether (sulfide) groups is 1. The summed E-state index contributed by atoms with van der Waals surface area (Å²) in [7, 11) is 0. The Hall–Kier alpha value is -1.49. The molecule has 1 N–H and O–H groups in total. The summed E-state index contributed by atoms with van der Waals surface area (Å²) in [6.45, 7) is 10.7. The van der Waals surface area contributed by atoms with Gasteiger partial charge in [-0.15, -0.1) is 0 Å². The van der Waals surface area contributed by atoms with Gasteiger partial charge in [-0.3, -0.25) is 4.79 Å². The number of aromatic nitrogens is 2. The van der Waals surface area contributed by atoms with Crippen molar-refractivity contribution in [3.63, 3.8) is 0 Å². The number of aryl methyl sites for hydroxylation is 1. The summed E-state index contributed by atoms with van der Waals surface area (Å²) in [6, 6.07) is 6.42. The van der Waals surface area contributed by atoms with Crippen molar-refractivity contribution < 1.29 is 9.90 Å². The van der Waals surface area contributed by atoms with Gasteiger partial charge in [0.15, 0.2) is 5.16 Å². The van der Waals surface area contributed by atoms with Crippen LogP contribution in [0.4, 0.5) is 0 Å². The molecule has 2 rings (SSSR count). The van der Waals surface area contributed by atoms with Gasteiger partial charge in [-0.1, -0.05) is 38.6 Å². The summed E-state index contributed by atoms with van der Waals surface area (Å²) >= 11 is 1.28. The van der Waals surface area contributed by atoms with E-state index in [1.165, 1.54) is 11.8 Å². The van der Waals surface area contributed by atoms with Crippen LogP contribution in [0.2, 0.25) is 0 Å². The molecule has 21 heavy (non-hydrogen) atoms. The maximum absolute atomic E-state index is 10.9. The van der Waals surface area contributed by atoms with Crippen LogP contribution in [-0.4, -0.2) is 26.4 Å². The molecule has 1 heterocycles. The molecule has 1 unspecified atom stereocenters. The Balaban J connectivity index is 2.57.